The van der Waals surface area contributed by atoms with Crippen LogP contribution in [0, 0.1) is 0 Å². The van der Waals surface area contributed by atoms with Crippen molar-refractivity contribution in [3.8, 4) is 5.75 Å². The van der Waals surface area contributed by atoms with Crippen molar-refractivity contribution in [3.05, 3.63) is 29.8 Å². The molecule has 0 aliphatic carbocycles. The highest BCUT2D eigenvalue weighted by Gasteiger charge is 2.11. The van der Waals surface area contributed by atoms with E-state index in [1.165, 1.54) is 0 Å². The van der Waals surface area contributed by atoms with E-state index < -0.39 is 11.3 Å². The van der Waals surface area contributed by atoms with Gasteiger partial charge in [-0.05, 0) is 24.1 Å². The molecule has 0 amide bonds. The molecule has 1 aromatic rings. The second-order valence-electron chi connectivity index (χ2n) is 3.48. The predicted octanol–water partition coefficient (Wildman–Crippen LogP) is 3.23. The first kappa shape index (κ1) is 12.8. The largest absolute Gasteiger partial charge is 0.494 e. The van der Waals surface area contributed by atoms with E-state index in [0.717, 1.165) is 17.7 Å². The van der Waals surface area contributed by atoms with Gasteiger partial charge in [-0.2, -0.15) is 0 Å². The van der Waals surface area contributed by atoms with Gasteiger partial charge in [0.15, 0.2) is 0 Å². The second kappa shape index (κ2) is 6.38. The lowest BCUT2D eigenvalue weighted by atomic mass is 10.1. The van der Waals surface area contributed by atoms with Gasteiger partial charge in [-0.3, -0.25) is 4.79 Å². The Kier molecular flexibility index (Phi) is 5.12. The summed E-state index contributed by atoms with van der Waals surface area (Å²) in [6.07, 6.45) is 0.885. The minimum atomic E-state index is -0.897. The van der Waals surface area contributed by atoms with E-state index in [2.05, 4.69) is 0 Å². The Hall–Kier alpha value is -1.22. The summed E-state index contributed by atoms with van der Waals surface area (Å²) in [5, 5.41) is 8.12. The first-order valence-corrected chi connectivity index (χ1v) is 5.65. The van der Waals surface area contributed by atoms with Crippen LogP contribution in [0.25, 0.3) is 0 Å². The SMILES string of the molecule is CCCOc1ccc(C(Cl)CC(=O)O)cc1. The standard InChI is InChI=1S/C12H15ClO3/c1-2-7-16-10-5-3-9(4-6-10)11(13)8-12(14)15/h3-6,11H,2,7-8H2,1H3,(H,14,15). The quantitative estimate of drug-likeness (QED) is 0.779. The molecule has 0 radical (unpaired) electrons. The average molecular weight is 243 g/mol. The van der Waals surface area contributed by atoms with Gasteiger partial charge in [0.2, 0.25) is 0 Å². The Morgan fingerprint density at radius 2 is 2.06 bits per heavy atom. The fourth-order valence-electron chi connectivity index (χ4n) is 1.26. The van der Waals surface area contributed by atoms with Crippen molar-refractivity contribution in [2.75, 3.05) is 6.61 Å². The highest BCUT2D eigenvalue weighted by Crippen LogP contribution is 2.25. The van der Waals surface area contributed by atoms with Gasteiger partial charge in [-0.25, -0.2) is 0 Å². The molecule has 3 nitrogen and oxygen atoms in total. The normalized spacial score (nSPS) is 12.1. The molecule has 0 aromatic heterocycles. The smallest absolute Gasteiger partial charge is 0.305 e. The number of alkyl halides is 1. The van der Waals surface area contributed by atoms with E-state index in [0.29, 0.717) is 6.61 Å². The average Bonchev–Trinajstić information content (AvgIpc) is 2.26. The second-order valence-corrected chi connectivity index (χ2v) is 4.01. The summed E-state index contributed by atoms with van der Waals surface area (Å²) in [7, 11) is 0. The molecule has 0 spiro atoms. The molecule has 1 atom stereocenters. The Balaban J connectivity index is 2.59. The molecule has 0 aliphatic rings. The van der Waals surface area contributed by atoms with Crippen molar-refractivity contribution in [3.63, 3.8) is 0 Å². The summed E-state index contributed by atoms with van der Waals surface area (Å²) >= 11 is 5.94. The molecule has 1 rings (SSSR count). The van der Waals surface area contributed by atoms with Crippen LogP contribution in [0.15, 0.2) is 24.3 Å². The Morgan fingerprint density at radius 3 is 2.56 bits per heavy atom. The fraction of sp³-hybridized carbons (Fsp3) is 0.417. The number of benzene rings is 1. The number of hydrogen-bond donors (Lipinski definition) is 1. The summed E-state index contributed by atoms with van der Waals surface area (Å²) in [6, 6.07) is 7.21. The van der Waals surface area contributed by atoms with Crippen molar-refractivity contribution in [1.82, 2.24) is 0 Å². The summed E-state index contributed by atoms with van der Waals surface area (Å²) < 4.78 is 5.41. The zero-order valence-corrected chi connectivity index (χ0v) is 9.91. The van der Waals surface area contributed by atoms with Crippen LogP contribution in [0.3, 0.4) is 0 Å². The van der Waals surface area contributed by atoms with Gasteiger partial charge in [0.05, 0.1) is 18.4 Å². The zero-order chi connectivity index (χ0) is 12.0. The van der Waals surface area contributed by atoms with Crippen LogP contribution in [0.2, 0.25) is 0 Å². The molecular weight excluding hydrogens is 228 g/mol. The minimum absolute atomic E-state index is 0.0727. The lowest BCUT2D eigenvalue weighted by molar-refractivity contribution is -0.137. The molecule has 0 fully saturated rings. The fourth-order valence-corrected chi connectivity index (χ4v) is 1.54. The predicted molar refractivity (Wildman–Crippen MR) is 63.1 cm³/mol. The van der Waals surface area contributed by atoms with E-state index in [1.807, 2.05) is 19.1 Å². The van der Waals surface area contributed by atoms with E-state index in [4.69, 9.17) is 21.4 Å². The number of ether oxygens (including phenoxy) is 1. The van der Waals surface area contributed by atoms with Crippen LogP contribution in [0.1, 0.15) is 30.7 Å². The molecule has 1 unspecified atom stereocenters. The number of carbonyl (C=O) groups is 1. The monoisotopic (exact) mass is 242 g/mol. The van der Waals surface area contributed by atoms with Gasteiger partial charge in [0, 0.05) is 0 Å². The van der Waals surface area contributed by atoms with E-state index in [-0.39, 0.29) is 6.42 Å². The van der Waals surface area contributed by atoms with E-state index in [9.17, 15) is 4.79 Å². The highest BCUT2D eigenvalue weighted by atomic mass is 35.5. The Labute approximate surface area is 100.0 Å². The third-order valence-corrected chi connectivity index (χ3v) is 2.47. The first-order valence-electron chi connectivity index (χ1n) is 5.22. The third kappa shape index (κ3) is 4.11. The van der Waals surface area contributed by atoms with Crippen LogP contribution < -0.4 is 4.74 Å². The topological polar surface area (TPSA) is 46.5 Å². The van der Waals surface area contributed by atoms with Crippen molar-refractivity contribution < 1.29 is 14.6 Å². The molecule has 0 saturated heterocycles. The number of carboxylic acid groups (broad SMARTS) is 1. The number of halogens is 1. The molecule has 88 valence electrons. The van der Waals surface area contributed by atoms with E-state index in [1.54, 1.807) is 12.1 Å². The summed E-state index contributed by atoms with van der Waals surface area (Å²) in [5.74, 6) is -0.115. The van der Waals surface area contributed by atoms with Crippen molar-refractivity contribution >= 4 is 17.6 Å². The van der Waals surface area contributed by atoms with Crippen molar-refractivity contribution in [1.29, 1.82) is 0 Å². The maximum absolute atomic E-state index is 10.5. The van der Waals surface area contributed by atoms with Gasteiger partial charge in [-0.15, -0.1) is 11.6 Å². The van der Waals surface area contributed by atoms with Crippen LogP contribution in [-0.2, 0) is 4.79 Å². The van der Waals surface area contributed by atoms with Crippen LogP contribution in [0.4, 0.5) is 0 Å². The Morgan fingerprint density at radius 1 is 1.44 bits per heavy atom. The molecule has 4 heteroatoms. The Bertz CT molecular complexity index is 335. The van der Waals surface area contributed by atoms with Crippen LogP contribution in [-0.4, -0.2) is 17.7 Å². The maximum atomic E-state index is 10.5. The maximum Gasteiger partial charge on any atom is 0.305 e. The van der Waals surface area contributed by atoms with Crippen molar-refractivity contribution in [2.45, 2.75) is 25.1 Å². The molecule has 1 aromatic carbocycles. The minimum Gasteiger partial charge on any atom is -0.494 e. The summed E-state index contributed by atoms with van der Waals surface area (Å²) in [6.45, 7) is 2.72. The zero-order valence-electron chi connectivity index (χ0n) is 9.15. The molecule has 0 saturated carbocycles. The first-order chi connectivity index (χ1) is 7.63. The number of hydrogen-bond acceptors (Lipinski definition) is 2. The lowest BCUT2D eigenvalue weighted by Crippen LogP contribution is -2.01. The number of carboxylic acids is 1. The highest BCUT2D eigenvalue weighted by molar-refractivity contribution is 6.21. The molecule has 0 heterocycles. The molecule has 16 heavy (non-hydrogen) atoms. The van der Waals surface area contributed by atoms with Gasteiger partial charge < -0.3 is 9.84 Å². The summed E-state index contributed by atoms with van der Waals surface area (Å²) in [5.41, 5.74) is 0.799. The molecule has 0 bridgehead atoms. The van der Waals surface area contributed by atoms with E-state index >= 15 is 0 Å². The number of aliphatic carboxylic acids is 1. The summed E-state index contributed by atoms with van der Waals surface area (Å²) in [4.78, 5) is 10.5. The van der Waals surface area contributed by atoms with Crippen LogP contribution >= 0.6 is 11.6 Å². The lowest BCUT2D eigenvalue weighted by Gasteiger charge is -2.09. The number of rotatable bonds is 6. The third-order valence-electron chi connectivity index (χ3n) is 2.07. The van der Waals surface area contributed by atoms with Gasteiger partial charge in [0.1, 0.15) is 5.75 Å². The molecular formula is C12H15ClO3. The van der Waals surface area contributed by atoms with Gasteiger partial charge >= 0.3 is 5.97 Å². The van der Waals surface area contributed by atoms with Gasteiger partial charge in [0.25, 0.3) is 0 Å². The van der Waals surface area contributed by atoms with Crippen LogP contribution in [0.5, 0.6) is 5.75 Å². The molecule has 0 aliphatic heterocycles. The van der Waals surface area contributed by atoms with Gasteiger partial charge in [-0.1, -0.05) is 19.1 Å². The molecule has 1 N–H and O–H groups in total. The van der Waals surface area contributed by atoms with Crippen molar-refractivity contribution in [2.24, 2.45) is 0 Å².